The Kier molecular flexibility index (Phi) is 7.46. The quantitative estimate of drug-likeness (QED) is 0.555. The maximum Gasteiger partial charge on any atom is 0.408 e. The van der Waals surface area contributed by atoms with Gasteiger partial charge in [0.1, 0.15) is 12.6 Å². The highest BCUT2D eigenvalue weighted by Gasteiger charge is 2.23. The highest BCUT2D eigenvalue weighted by molar-refractivity contribution is 6.34. The molecule has 0 heterocycles. The molecule has 0 aliphatic carbocycles. The minimum Gasteiger partial charge on any atom is -0.445 e. The third-order valence-corrected chi connectivity index (χ3v) is 5.06. The van der Waals surface area contributed by atoms with E-state index < -0.39 is 12.1 Å². The molecule has 0 saturated carbocycles. The number of rotatable bonds is 7. The number of amides is 2. The second-order valence-electron chi connectivity index (χ2n) is 6.87. The Morgan fingerprint density at radius 2 is 1.53 bits per heavy atom. The number of carbonyl (C=O) groups excluding carboxylic acids is 2. The van der Waals surface area contributed by atoms with Crippen molar-refractivity contribution in [3.8, 4) is 0 Å². The van der Waals surface area contributed by atoms with Gasteiger partial charge in [-0.25, -0.2) is 4.79 Å². The summed E-state index contributed by atoms with van der Waals surface area (Å²) in [6.45, 7) is 1.98. The normalized spacial score (nSPS) is 11.4. The summed E-state index contributed by atoms with van der Waals surface area (Å²) in [6.07, 6.45) is -0.346. The molecule has 0 saturated heterocycles. The van der Waals surface area contributed by atoms with E-state index in [1.165, 1.54) is 0 Å². The first-order chi connectivity index (χ1) is 14.5. The molecule has 3 aromatic rings. The lowest BCUT2D eigenvalue weighted by Gasteiger charge is -2.19. The Morgan fingerprint density at radius 1 is 0.900 bits per heavy atom. The van der Waals surface area contributed by atoms with Crippen molar-refractivity contribution in [2.24, 2.45) is 0 Å². The monoisotopic (exact) mass is 422 g/mol. The standard InChI is InChI=1S/C24H23ClN2O3/c1-17-9-8-14-20(22(17)25)26-23(28)21(15-18-10-4-2-5-11-18)27-24(29)30-16-19-12-6-3-7-13-19/h2-14,21H,15-16H2,1H3,(H,26,28)(H,27,29)/t21-/m1/s1. The van der Waals surface area contributed by atoms with Gasteiger partial charge in [-0.3, -0.25) is 4.79 Å². The molecule has 3 rings (SSSR count). The van der Waals surface area contributed by atoms with E-state index in [4.69, 9.17) is 16.3 Å². The van der Waals surface area contributed by atoms with Crippen molar-refractivity contribution < 1.29 is 14.3 Å². The minimum absolute atomic E-state index is 0.121. The van der Waals surface area contributed by atoms with Gasteiger partial charge < -0.3 is 15.4 Å². The van der Waals surface area contributed by atoms with E-state index >= 15 is 0 Å². The fourth-order valence-corrected chi connectivity index (χ4v) is 3.10. The van der Waals surface area contributed by atoms with Gasteiger partial charge in [0, 0.05) is 6.42 Å². The predicted octanol–water partition coefficient (Wildman–Crippen LogP) is 5.12. The largest absolute Gasteiger partial charge is 0.445 e. The number of anilines is 1. The fraction of sp³-hybridized carbons (Fsp3) is 0.167. The molecule has 0 unspecified atom stereocenters. The number of alkyl carbamates (subject to hydrolysis) is 1. The van der Waals surface area contributed by atoms with Gasteiger partial charge in [0.05, 0.1) is 10.7 Å². The van der Waals surface area contributed by atoms with Crippen LogP contribution in [-0.2, 0) is 22.6 Å². The molecular weight excluding hydrogens is 400 g/mol. The molecule has 0 radical (unpaired) electrons. The van der Waals surface area contributed by atoms with E-state index in [2.05, 4.69) is 10.6 Å². The molecule has 5 nitrogen and oxygen atoms in total. The zero-order valence-corrected chi connectivity index (χ0v) is 17.4. The van der Waals surface area contributed by atoms with Crippen LogP contribution in [-0.4, -0.2) is 18.0 Å². The summed E-state index contributed by atoms with van der Waals surface area (Å²) < 4.78 is 5.28. The summed E-state index contributed by atoms with van der Waals surface area (Å²) in [5.74, 6) is -0.372. The van der Waals surface area contributed by atoms with Gasteiger partial charge in [-0.1, -0.05) is 84.4 Å². The van der Waals surface area contributed by atoms with Crippen molar-refractivity contribution in [1.82, 2.24) is 5.32 Å². The van der Waals surface area contributed by atoms with Crippen molar-refractivity contribution in [2.75, 3.05) is 5.32 Å². The third kappa shape index (κ3) is 6.09. The average Bonchev–Trinajstić information content (AvgIpc) is 2.76. The molecule has 0 aliphatic heterocycles. The molecule has 0 aliphatic rings. The van der Waals surface area contributed by atoms with E-state index in [0.717, 1.165) is 16.7 Å². The van der Waals surface area contributed by atoms with Gasteiger partial charge in [-0.2, -0.15) is 0 Å². The lowest BCUT2D eigenvalue weighted by Crippen LogP contribution is -2.45. The molecule has 1 atom stereocenters. The van der Waals surface area contributed by atoms with Crippen molar-refractivity contribution in [3.63, 3.8) is 0 Å². The smallest absolute Gasteiger partial charge is 0.408 e. The molecule has 2 amide bonds. The van der Waals surface area contributed by atoms with Crippen molar-refractivity contribution >= 4 is 29.3 Å². The number of benzene rings is 3. The first-order valence-electron chi connectivity index (χ1n) is 9.60. The molecule has 0 spiro atoms. The van der Waals surface area contributed by atoms with E-state index in [0.29, 0.717) is 17.1 Å². The van der Waals surface area contributed by atoms with Crippen LogP contribution in [0.2, 0.25) is 5.02 Å². The summed E-state index contributed by atoms with van der Waals surface area (Å²) in [5, 5.41) is 5.95. The highest BCUT2D eigenvalue weighted by Crippen LogP contribution is 2.25. The van der Waals surface area contributed by atoms with E-state index in [1.807, 2.05) is 79.7 Å². The number of ether oxygens (including phenoxy) is 1. The Hall–Kier alpha value is -3.31. The Balaban J connectivity index is 1.70. The van der Waals surface area contributed by atoms with Crippen LogP contribution in [0.1, 0.15) is 16.7 Å². The summed E-state index contributed by atoms with van der Waals surface area (Å²) in [4.78, 5) is 25.3. The number of carbonyl (C=O) groups is 2. The summed E-state index contributed by atoms with van der Waals surface area (Å²) in [5.41, 5.74) is 3.13. The van der Waals surface area contributed by atoms with Crippen LogP contribution >= 0.6 is 11.6 Å². The Bertz CT molecular complexity index is 994. The number of hydrogen-bond acceptors (Lipinski definition) is 3. The second kappa shape index (κ2) is 10.5. The number of halogens is 1. The van der Waals surface area contributed by atoms with Gasteiger partial charge >= 0.3 is 6.09 Å². The second-order valence-corrected chi connectivity index (χ2v) is 7.25. The van der Waals surface area contributed by atoms with Crippen LogP contribution in [0.4, 0.5) is 10.5 Å². The van der Waals surface area contributed by atoms with Crippen LogP contribution in [0, 0.1) is 6.92 Å². The topological polar surface area (TPSA) is 67.4 Å². The van der Waals surface area contributed by atoms with Gasteiger partial charge in [0.15, 0.2) is 0 Å². The van der Waals surface area contributed by atoms with Crippen LogP contribution in [0.15, 0.2) is 78.9 Å². The zero-order chi connectivity index (χ0) is 21.3. The first-order valence-corrected chi connectivity index (χ1v) is 9.98. The Labute approximate surface area is 181 Å². The highest BCUT2D eigenvalue weighted by atomic mass is 35.5. The maximum absolute atomic E-state index is 13.0. The lowest BCUT2D eigenvalue weighted by molar-refractivity contribution is -0.118. The predicted molar refractivity (Wildman–Crippen MR) is 119 cm³/mol. The average molecular weight is 423 g/mol. The minimum atomic E-state index is -0.827. The molecule has 2 N–H and O–H groups in total. The summed E-state index contributed by atoms with van der Waals surface area (Å²) in [6, 6.07) is 23.4. The third-order valence-electron chi connectivity index (χ3n) is 4.55. The Morgan fingerprint density at radius 3 is 2.20 bits per heavy atom. The molecule has 30 heavy (non-hydrogen) atoms. The first kappa shape index (κ1) is 21.4. The maximum atomic E-state index is 13.0. The van der Waals surface area contributed by atoms with Crippen molar-refractivity contribution in [1.29, 1.82) is 0 Å². The number of aryl methyl sites for hydroxylation is 1. The molecule has 3 aromatic carbocycles. The SMILES string of the molecule is Cc1cccc(NC(=O)[C@@H](Cc2ccccc2)NC(=O)OCc2ccccc2)c1Cl. The van der Waals surface area contributed by atoms with Crippen molar-refractivity contribution in [3.05, 3.63) is 101 Å². The van der Waals surface area contributed by atoms with E-state index in [1.54, 1.807) is 6.07 Å². The van der Waals surface area contributed by atoms with E-state index in [9.17, 15) is 9.59 Å². The molecule has 154 valence electrons. The number of nitrogens with one attached hydrogen (secondary N) is 2. The molecule has 0 bridgehead atoms. The molecule has 6 heteroatoms. The van der Waals surface area contributed by atoms with E-state index in [-0.39, 0.29) is 12.5 Å². The summed E-state index contributed by atoms with van der Waals surface area (Å²) in [7, 11) is 0. The van der Waals surface area contributed by atoms with Crippen LogP contribution in [0.5, 0.6) is 0 Å². The van der Waals surface area contributed by atoms with Gasteiger partial charge in [-0.15, -0.1) is 0 Å². The molecular formula is C24H23ClN2O3. The number of hydrogen-bond donors (Lipinski definition) is 2. The zero-order valence-electron chi connectivity index (χ0n) is 16.6. The van der Waals surface area contributed by atoms with Crippen molar-refractivity contribution in [2.45, 2.75) is 26.0 Å². The molecule has 0 fully saturated rings. The van der Waals surface area contributed by atoms with Gasteiger partial charge in [0.25, 0.3) is 0 Å². The van der Waals surface area contributed by atoms with Crippen LogP contribution in [0.25, 0.3) is 0 Å². The summed E-state index contributed by atoms with van der Waals surface area (Å²) >= 11 is 6.30. The van der Waals surface area contributed by atoms with Crippen LogP contribution in [0.3, 0.4) is 0 Å². The molecule has 0 aromatic heterocycles. The van der Waals surface area contributed by atoms with Gasteiger partial charge in [-0.05, 0) is 29.7 Å². The van der Waals surface area contributed by atoms with Gasteiger partial charge in [0.2, 0.25) is 5.91 Å². The lowest BCUT2D eigenvalue weighted by atomic mass is 10.1. The fourth-order valence-electron chi connectivity index (χ4n) is 2.93. The van der Waals surface area contributed by atoms with Crippen LogP contribution < -0.4 is 10.6 Å².